The van der Waals surface area contributed by atoms with Gasteiger partial charge in [-0.1, -0.05) is 35.9 Å². The standard InChI is InChI=1S/C14H14ClN/c1-10-2-4-11(5-3-10)14-8-13(15)7-6-12(14)9-16/h2-5,8,12-13H,6-7H2,1H3. The summed E-state index contributed by atoms with van der Waals surface area (Å²) in [5.74, 6) is -0.00212. The van der Waals surface area contributed by atoms with Crippen molar-refractivity contribution in [3.63, 3.8) is 0 Å². The second-order valence-electron chi connectivity index (χ2n) is 4.26. The topological polar surface area (TPSA) is 23.8 Å². The van der Waals surface area contributed by atoms with Gasteiger partial charge >= 0.3 is 0 Å². The maximum Gasteiger partial charge on any atom is 0.0716 e. The van der Waals surface area contributed by atoms with Crippen molar-refractivity contribution in [2.24, 2.45) is 5.92 Å². The molecule has 1 aliphatic rings. The lowest BCUT2D eigenvalue weighted by Crippen LogP contribution is -2.12. The molecule has 2 heteroatoms. The van der Waals surface area contributed by atoms with Crippen molar-refractivity contribution >= 4 is 17.2 Å². The monoisotopic (exact) mass is 231 g/mol. The van der Waals surface area contributed by atoms with Gasteiger partial charge in [-0.2, -0.15) is 5.26 Å². The van der Waals surface area contributed by atoms with Crippen LogP contribution in [0.15, 0.2) is 30.3 Å². The zero-order valence-corrected chi connectivity index (χ0v) is 10.0. The molecule has 2 unspecified atom stereocenters. The van der Waals surface area contributed by atoms with Gasteiger partial charge in [0.25, 0.3) is 0 Å². The average Bonchev–Trinajstić information content (AvgIpc) is 2.30. The van der Waals surface area contributed by atoms with Gasteiger partial charge in [-0.25, -0.2) is 0 Å². The van der Waals surface area contributed by atoms with E-state index in [9.17, 15) is 0 Å². The lowest BCUT2D eigenvalue weighted by molar-refractivity contribution is 0.660. The molecule has 0 N–H and O–H groups in total. The summed E-state index contributed by atoms with van der Waals surface area (Å²) >= 11 is 6.13. The number of benzene rings is 1. The minimum absolute atomic E-state index is 0.00212. The van der Waals surface area contributed by atoms with Gasteiger partial charge in [0.2, 0.25) is 0 Å². The molecule has 1 aliphatic carbocycles. The largest absolute Gasteiger partial charge is 0.198 e. The van der Waals surface area contributed by atoms with Crippen molar-refractivity contribution in [3.8, 4) is 6.07 Å². The van der Waals surface area contributed by atoms with Crippen molar-refractivity contribution in [1.82, 2.24) is 0 Å². The van der Waals surface area contributed by atoms with Gasteiger partial charge in [0.05, 0.1) is 17.4 Å². The molecule has 0 spiro atoms. The number of nitriles is 1. The van der Waals surface area contributed by atoms with E-state index >= 15 is 0 Å². The lowest BCUT2D eigenvalue weighted by Gasteiger charge is -2.21. The third-order valence-electron chi connectivity index (χ3n) is 3.01. The van der Waals surface area contributed by atoms with Crippen LogP contribution in [-0.4, -0.2) is 5.38 Å². The fourth-order valence-corrected chi connectivity index (χ4v) is 2.31. The Balaban J connectivity index is 2.37. The van der Waals surface area contributed by atoms with E-state index in [0.29, 0.717) is 0 Å². The molecule has 16 heavy (non-hydrogen) atoms. The van der Waals surface area contributed by atoms with E-state index in [4.69, 9.17) is 16.9 Å². The highest BCUT2D eigenvalue weighted by Crippen LogP contribution is 2.34. The molecule has 0 aliphatic heterocycles. The third kappa shape index (κ3) is 2.28. The van der Waals surface area contributed by atoms with Crippen LogP contribution in [0.25, 0.3) is 5.57 Å². The molecule has 82 valence electrons. The van der Waals surface area contributed by atoms with E-state index in [1.54, 1.807) is 0 Å². The predicted molar refractivity (Wildman–Crippen MR) is 67.1 cm³/mol. The molecule has 1 aromatic rings. The minimum atomic E-state index is -0.00212. The summed E-state index contributed by atoms with van der Waals surface area (Å²) in [6.45, 7) is 2.06. The second kappa shape index (κ2) is 4.72. The van der Waals surface area contributed by atoms with Crippen molar-refractivity contribution in [2.75, 3.05) is 0 Å². The molecule has 0 amide bonds. The van der Waals surface area contributed by atoms with Crippen LogP contribution in [0.4, 0.5) is 0 Å². The molecule has 1 aromatic carbocycles. The SMILES string of the molecule is Cc1ccc(C2=CC(Cl)CCC2C#N)cc1. The first-order chi connectivity index (χ1) is 7.70. The molecular formula is C14H14ClN. The van der Waals surface area contributed by atoms with Crippen LogP contribution >= 0.6 is 11.6 Å². The first kappa shape index (κ1) is 11.2. The zero-order valence-electron chi connectivity index (χ0n) is 9.28. The van der Waals surface area contributed by atoms with Gasteiger partial charge in [0.15, 0.2) is 0 Å². The molecule has 0 bridgehead atoms. The first-order valence-corrected chi connectivity index (χ1v) is 5.97. The fourth-order valence-electron chi connectivity index (χ4n) is 2.05. The third-order valence-corrected chi connectivity index (χ3v) is 3.35. The lowest BCUT2D eigenvalue weighted by atomic mass is 9.84. The molecular weight excluding hydrogens is 218 g/mol. The van der Waals surface area contributed by atoms with E-state index in [1.807, 2.05) is 6.08 Å². The van der Waals surface area contributed by atoms with Crippen LogP contribution in [-0.2, 0) is 0 Å². The molecule has 0 aromatic heterocycles. The summed E-state index contributed by atoms with van der Waals surface area (Å²) < 4.78 is 0. The van der Waals surface area contributed by atoms with E-state index in [-0.39, 0.29) is 11.3 Å². The Morgan fingerprint density at radius 2 is 1.94 bits per heavy atom. The van der Waals surface area contributed by atoms with Gasteiger partial charge in [-0.05, 0) is 30.9 Å². The van der Waals surface area contributed by atoms with Crippen molar-refractivity contribution in [2.45, 2.75) is 25.1 Å². The number of alkyl halides is 1. The molecule has 0 saturated carbocycles. The summed E-state index contributed by atoms with van der Waals surface area (Å²) in [4.78, 5) is 0. The summed E-state index contributed by atoms with van der Waals surface area (Å²) in [6, 6.07) is 10.6. The van der Waals surface area contributed by atoms with Crippen LogP contribution in [0.3, 0.4) is 0 Å². The first-order valence-electron chi connectivity index (χ1n) is 5.53. The highest BCUT2D eigenvalue weighted by atomic mass is 35.5. The average molecular weight is 232 g/mol. The van der Waals surface area contributed by atoms with Crippen LogP contribution in [0.5, 0.6) is 0 Å². The Bertz CT molecular complexity index is 439. The number of rotatable bonds is 1. The van der Waals surface area contributed by atoms with Crippen LogP contribution in [0, 0.1) is 24.2 Å². The molecule has 0 radical (unpaired) electrons. The smallest absolute Gasteiger partial charge is 0.0716 e. The summed E-state index contributed by atoms with van der Waals surface area (Å²) in [7, 11) is 0. The Labute approximate surface area is 101 Å². The number of allylic oxidation sites excluding steroid dienone is 2. The summed E-state index contributed by atoms with van der Waals surface area (Å²) in [6.07, 6.45) is 3.79. The zero-order chi connectivity index (χ0) is 11.5. The van der Waals surface area contributed by atoms with Crippen molar-refractivity contribution < 1.29 is 0 Å². The minimum Gasteiger partial charge on any atom is -0.198 e. The van der Waals surface area contributed by atoms with E-state index in [0.717, 1.165) is 24.0 Å². The number of hydrogen-bond acceptors (Lipinski definition) is 1. The van der Waals surface area contributed by atoms with E-state index in [1.165, 1.54) is 5.56 Å². The highest BCUT2D eigenvalue weighted by molar-refractivity contribution is 6.22. The quantitative estimate of drug-likeness (QED) is 0.672. The van der Waals surface area contributed by atoms with Crippen LogP contribution in [0.1, 0.15) is 24.0 Å². The van der Waals surface area contributed by atoms with Gasteiger partial charge in [0, 0.05) is 0 Å². The summed E-state index contributed by atoms with van der Waals surface area (Å²) in [5.41, 5.74) is 3.45. The van der Waals surface area contributed by atoms with E-state index < -0.39 is 0 Å². The maximum absolute atomic E-state index is 9.13. The number of nitrogens with zero attached hydrogens (tertiary/aromatic N) is 1. The molecule has 0 saturated heterocycles. The Kier molecular flexibility index (Phi) is 3.31. The second-order valence-corrected chi connectivity index (χ2v) is 4.82. The fraction of sp³-hybridized carbons (Fsp3) is 0.357. The van der Waals surface area contributed by atoms with Gasteiger partial charge < -0.3 is 0 Å². The molecule has 1 nitrogen and oxygen atoms in total. The maximum atomic E-state index is 9.13. The van der Waals surface area contributed by atoms with Crippen LogP contribution < -0.4 is 0 Å². The Morgan fingerprint density at radius 3 is 2.56 bits per heavy atom. The highest BCUT2D eigenvalue weighted by Gasteiger charge is 2.22. The Hall–Kier alpha value is -1.26. The molecule has 0 fully saturated rings. The number of aryl methyl sites for hydroxylation is 1. The normalized spacial score (nSPS) is 24.7. The predicted octanol–water partition coefficient (Wildman–Crippen LogP) is 3.92. The van der Waals surface area contributed by atoms with Crippen LogP contribution in [0.2, 0.25) is 0 Å². The number of hydrogen-bond donors (Lipinski definition) is 0. The van der Waals surface area contributed by atoms with E-state index in [2.05, 4.69) is 37.3 Å². The molecule has 0 heterocycles. The van der Waals surface area contributed by atoms with Gasteiger partial charge in [-0.15, -0.1) is 11.6 Å². The van der Waals surface area contributed by atoms with Crippen molar-refractivity contribution in [1.29, 1.82) is 5.26 Å². The van der Waals surface area contributed by atoms with Gasteiger partial charge in [-0.3, -0.25) is 0 Å². The summed E-state index contributed by atoms with van der Waals surface area (Å²) in [5, 5.41) is 9.20. The molecule has 2 rings (SSSR count). The Morgan fingerprint density at radius 1 is 1.25 bits per heavy atom. The number of halogens is 1. The van der Waals surface area contributed by atoms with Gasteiger partial charge in [0.1, 0.15) is 0 Å². The molecule has 2 atom stereocenters. The van der Waals surface area contributed by atoms with Crippen molar-refractivity contribution in [3.05, 3.63) is 41.5 Å².